The zero-order chi connectivity index (χ0) is 15.5. The lowest BCUT2D eigenvalue weighted by molar-refractivity contribution is 0.426. The predicted molar refractivity (Wildman–Crippen MR) is 87.3 cm³/mol. The average molecular weight is 351 g/mol. The molecular weight excluding hydrogens is 331 g/mol. The minimum absolute atomic E-state index is 0.0540. The highest BCUT2D eigenvalue weighted by atomic mass is 35.5. The topological polar surface area (TPSA) is 72.2 Å². The van der Waals surface area contributed by atoms with Crippen molar-refractivity contribution in [2.24, 2.45) is 0 Å². The van der Waals surface area contributed by atoms with Crippen LogP contribution in [0.25, 0.3) is 0 Å². The number of rotatable bonds is 3. The van der Waals surface area contributed by atoms with Crippen LogP contribution in [0.15, 0.2) is 17.0 Å². The Morgan fingerprint density at radius 2 is 1.62 bits per heavy atom. The van der Waals surface area contributed by atoms with Gasteiger partial charge in [-0.25, -0.2) is 13.1 Å². The number of hydrogen-bond donors (Lipinski definition) is 2. The van der Waals surface area contributed by atoms with E-state index in [1.165, 1.54) is 18.6 Å². The summed E-state index contributed by atoms with van der Waals surface area (Å²) in [7, 11) is -3.73. The molecule has 0 atom stereocenters. The van der Waals surface area contributed by atoms with Crippen LogP contribution < -0.4 is 10.5 Å². The summed E-state index contributed by atoms with van der Waals surface area (Å²) >= 11 is 11.8. The van der Waals surface area contributed by atoms with Gasteiger partial charge < -0.3 is 5.73 Å². The van der Waals surface area contributed by atoms with Crippen molar-refractivity contribution in [2.45, 2.75) is 55.9 Å². The summed E-state index contributed by atoms with van der Waals surface area (Å²) in [6.07, 6.45) is 7.32. The van der Waals surface area contributed by atoms with Crippen molar-refractivity contribution in [1.29, 1.82) is 0 Å². The first-order chi connectivity index (χ1) is 9.90. The van der Waals surface area contributed by atoms with Gasteiger partial charge in [-0.1, -0.05) is 55.3 Å². The molecule has 1 fully saturated rings. The number of nitrogen functional groups attached to an aromatic ring is 1. The zero-order valence-corrected chi connectivity index (χ0v) is 14.1. The molecule has 0 heterocycles. The Labute approximate surface area is 136 Å². The van der Waals surface area contributed by atoms with Crippen LogP contribution in [0.3, 0.4) is 0 Å². The van der Waals surface area contributed by atoms with Gasteiger partial charge in [-0.15, -0.1) is 0 Å². The first-order valence-electron chi connectivity index (χ1n) is 7.17. The van der Waals surface area contributed by atoms with Crippen LogP contribution >= 0.6 is 23.2 Å². The smallest absolute Gasteiger partial charge is 0.244 e. The standard InChI is InChI=1S/C14H20Cl2N2O2S/c15-10-8-12(16)14(13(17)9-10)21(19,20)18-11-6-4-2-1-3-5-7-11/h8-9,11,18H,1-7,17H2. The van der Waals surface area contributed by atoms with Crippen LogP contribution in [0, 0.1) is 0 Å². The molecule has 1 aliphatic carbocycles. The molecule has 1 aromatic carbocycles. The second kappa shape index (κ2) is 7.18. The van der Waals surface area contributed by atoms with E-state index >= 15 is 0 Å². The molecule has 1 saturated carbocycles. The number of halogens is 2. The third-order valence-corrected chi connectivity index (χ3v) is 6.00. The van der Waals surface area contributed by atoms with Crippen molar-refractivity contribution >= 4 is 38.9 Å². The first kappa shape index (κ1) is 16.9. The lowest BCUT2D eigenvalue weighted by Gasteiger charge is -2.21. The van der Waals surface area contributed by atoms with Crippen LogP contribution in [-0.4, -0.2) is 14.5 Å². The number of anilines is 1. The number of nitrogens with one attached hydrogen (secondary N) is 1. The van der Waals surface area contributed by atoms with Crippen molar-refractivity contribution in [3.8, 4) is 0 Å². The maximum Gasteiger partial charge on any atom is 0.244 e. The van der Waals surface area contributed by atoms with Crippen LogP contribution in [0.2, 0.25) is 10.0 Å². The maximum absolute atomic E-state index is 12.5. The summed E-state index contributed by atoms with van der Waals surface area (Å²) in [5.41, 5.74) is 5.86. The molecule has 1 aromatic rings. The van der Waals surface area contributed by atoms with Gasteiger partial charge in [0.05, 0.1) is 10.7 Å². The van der Waals surface area contributed by atoms with Crippen LogP contribution in [-0.2, 0) is 10.0 Å². The fourth-order valence-corrected chi connectivity index (χ4v) is 5.01. The lowest BCUT2D eigenvalue weighted by atomic mass is 9.97. The molecule has 1 aliphatic rings. The van der Waals surface area contributed by atoms with E-state index in [1.807, 2.05) is 0 Å². The van der Waals surface area contributed by atoms with Crippen LogP contribution in [0.5, 0.6) is 0 Å². The van der Waals surface area contributed by atoms with Crippen molar-refractivity contribution in [1.82, 2.24) is 4.72 Å². The van der Waals surface area contributed by atoms with Gasteiger partial charge >= 0.3 is 0 Å². The summed E-state index contributed by atoms with van der Waals surface area (Å²) in [5, 5.41) is 0.376. The Balaban J connectivity index is 2.21. The average Bonchev–Trinajstić information content (AvgIpc) is 2.30. The van der Waals surface area contributed by atoms with Gasteiger partial charge in [-0.3, -0.25) is 0 Å². The molecule has 118 valence electrons. The van der Waals surface area contributed by atoms with Crippen LogP contribution in [0.4, 0.5) is 5.69 Å². The minimum Gasteiger partial charge on any atom is -0.398 e. The summed E-state index contributed by atoms with van der Waals surface area (Å²) in [4.78, 5) is -0.0735. The molecule has 0 spiro atoms. The summed E-state index contributed by atoms with van der Waals surface area (Å²) in [5.74, 6) is 0. The fourth-order valence-electron chi connectivity index (χ4n) is 2.72. The van der Waals surface area contributed by atoms with Gasteiger partial charge in [0.2, 0.25) is 10.0 Å². The Morgan fingerprint density at radius 3 is 2.19 bits per heavy atom. The molecule has 21 heavy (non-hydrogen) atoms. The molecule has 0 saturated heterocycles. The SMILES string of the molecule is Nc1cc(Cl)cc(Cl)c1S(=O)(=O)NC1CCCCCCC1. The molecule has 0 radical (unpaired) electrons. The van der Waals surface area contributed by atoms with Gasteiger partial charge in [0.15, 0.2) is 0 Å². The number of nitrogens with two attached hydrogens (primary N) is 1. The second-order valence-corrected chi connectivity index (χ2v) is 7.96. The van der Waals surface area contributed by atoms with Crippen LogP contribution in [0.1, 0.15) is 44.9 Å². The molecule has 0 amide bonds. The minimum atomic E-state index is -3.73. The lowest BCUT2D eigenvalue weighted by Crippen LogP contribution is -2.35. The third-order valence-electron chi connectivity index (χ3n) is 3.73. The van der Waals surface area contributed by atoms with E-state index in [1.54, 1.807) is 0 Å². The summed E-state index contributed by atoms with van der Waals surface area (Å²) in [6, 6.07) is 2.74. The highest BCUT2D eigenvalue weighted by molar-refractivity contribution is 7.89. The quantitative estimate of drug-likeness (QED) is 0.810. The molecule has 0 unspecified atom stereocenters. The molecule has 4 nitrogen and oxygen atoms in total. The second-order valence-electron chi connectivity index (χ2n) is 5.47. The molecular formula is C14H20Cl2N2O2S. The summed E-state index contributed by atoms with van der Waals surface area (Å²) < 4.78 is 27.8. The fraction of sp³-hybridized carbons (Fsp3) is 0.571. The van der Waals surface area contributed by atoms with Crippen molar-refractivity contribution < 1.29 is 8.42 Å². The van der Waals surface area contributed by atoms with E-state index in [0.717, 1.165) is 38.5 Å². The molecule has 2 rings (SSSR count). The highest BCUT2D eigenvalue weighted by Gasteiger charge is 2.25. The number of hydrogen-bond acceptors (Lipinski definition) is 3. The molecule has 0 bridgehead atoms. The largest absolute Gasteiger partial charge is 0.398 e. The third kappa shape index (κ3) is 4.49. The molecule has 0 aromatic heterocycles. The number of benzene rings is 1. The Morgan fingerprint density at radius 1 is 1.05 bits per heavy atom. The van der Waals surface area contributed by atoms with Crippen molar-refractivity contribution in [3.63, 3.8) is 0 Å². The molecule has 0 aliphatic heterocycles. The van der Waals surface area contributed by atoms with Gasteiger partial charge in [0.1, 0.15) is 4.90 Å². The Hall–Kier alpha value is -0.490. The highest BCUT2D eigenvalue weighted by Crippen LogP contribution is 2.31. The predicted octanol–water partition coefficient (Wildman–Crippen LogP) is 3.97. The van der Waals surface area contributed by atoms with E-state index < -0.39 is 10.0 Å². The first-order valence-corrected chi connectivity index (χ1v) is 9.41. The van der Waals surface area contributed by atoms with E-state index in [2.05, 4.69) is 4.72 Å². The zero-order valence-electron chi connectivity index (χ0n) is 11.7. The monoisotopic (exact) mass is 350 g/mol. The molecule has 7 heteroatoms. The maximum atomic E-state index is 12.5. The Bertz CT molecular complexity index is 574. The van der Waals surface area contributed by atoms with E-state index in [0.29, 0.717) is 5.02 Å². The van der Waals surface area contributed by atoms with Crippen molar-refractivity contribution in [2.75, 3.05) is 5.73 Å². The van der Waals surface area contributed by atoms with Gasteiger partial charge in [0.25, 0.3) is 0 Å². The molecule has 3 N–H and O–H groups in total. The van der Waals surface area contributed by atoms with Gasteiger partial charge in [-0.2, -0.15) is 0 Å². The van der Waals surface area contributed by atoms with Gasteiger partial charge in [-0.05, 0) is 25.0 Å². The number of sulfonamides is 1. The summed E-state index contributed by atoms with van der Waals surface area (Å²) in [6.45, 7) is 0. The van der Waals surface area contributed by atoms with E-state index in [-0.39, 0.29) is 21.6 Å². The van der Waals surface area contributed by atoms with Gasteiger partial charge in [0, 0.05) is 11.1 Å². The van der Waals surface area contributed by atoms with E-state index in [4.69, 9.17) is 28.9 Å². The Kier molecular flexibility index (Phi) is 5.77. The van der Waals surface area contributed by atoms with E-state index in [9.17, 15) is 8.42 Å². The van der Waals surface area contributed by atoms with Crippen molar-refractivity contribution in [3.05, 3.63) is 22.2 Å². The normalized spacial score (nSPS) is 18.2.